The van der Waals surface area contributed by atoms with Crippen LogP contribution in [0.5, 0.6) is 0 Å². The molecule has 1 aliphatic carbocycles. The molecule has 0 bridgehead atoms. The first-order valence-electron chi connectivity index (χ1n) is 11.6. The van der Waals surface area contributed by atoms with E-state index in [1.165, 1.54) is 10.6 Å². The zero-order valence-corrected chi connectivity index (χ0v) is 19.8. The fraction of sp³-hybridized carbons (Fsp3) is 0.520. The van der Waals surface area contributed by atoms with Crippen molar-refractivity contribution < 1.29 is 14.3 Å². The molecule has 0 unspecified atom stereocenters. The zero-order valence-electron chi connectivity index (χ0n) is 19.8. The van der Waals surface area contributed by atoms with Crippen molar-refractivity contribution in [2.45, 2.75) is 64.1 Å². The van der Waals surface area contributed by atoms with Crippen molar-refractivity contribution in [3.8, 4) is 11.3 Å². The molecule has 1 saturated heterocycles. The summed E-state index contributed by atoms with van der Waals surface area (Å²) in [6, 6.07) is 7.24. The maximum Gasteiger partial charge on any atom is 0.410 e. The van der Waals surface area contributed by atoms with Gasteiger partial charge in [-0.05, 0) is 64.7 Å². The number of likely N-dealkylation sites (tertiary alicyclic amines) is 1. The second kappa shape index (κ2) is 9.00. The molecule has 2 aromatic rings. The molecule has 2 fully saturated rings. The smallest absolute Gasteiger partial charge is 0.410 e. The molecule has 0 atom stereocenters. The lowest BCUT2D eigenvalue weighted by Gasteiger charge is -2.39. The Bertz CT molecular complexity index is 1070. The molecule has 2 aliphatic rings. The highest BCUT2D eigenvalue weighted by atomic mass is 16.6. The maximum atomic E-state index is 13.4. The Kier molecular flexibility index (Phi) is 6.28. The normalized spacial score (nSPS) is 17.0. The van der Waals surface area contributed by atoms with E-state index in [-0.39, 0.29) is 29.6 Å². The number of carbonyl (C=O) groups excluding carboxylic acids is 2. The minimum atomic E-state index is -0.516. The van der Waals surface area contributed by atoms with Gasteiger partial charge in [-0.25, -0.2) is 4.79 Å². The van der Waals surface area contributed by atoms with E-state index in [9.17, 15) is 14.4 Å². The fourth-order valence-electron chi connectivity index (χ4n) is 4.22. The molecule has 8 nitrogen and oxygen atoms in total. The van der Waals surface area contributed by atoms with E-state index in [1.54, 1.807) is 36.5 Å². The lowest BCUT2D eigenvalue weighted by Crippen LogP contribution is -2.50. The molecule has 4 rings (SSSR count). The van der Waals surface area contributed by atoms with Gasteiger partial charge in [-0.3, -0.25) is 14.6 Å². The predicted molar refractivity (Wildman–Crippen MR) is 125 cm³/mol. The van der Waals surface area contributed by atoms with Crippen LogP contribution in [-0.2, 0) is 11.8 Å². The van der Waals surface area contributed by atoms with E-state index in [0.717, 1.165) is 31.2 Å². The third-order valence-electron chi connectivity index (χ3n) is 6.08. The number of ether oxygens (including phenoxy) is 1. The number of hydrogen-bond donors (Lipinski definition) is 0. The van der Waals surface area contributed by atoms with Crippen molar-refractivity contribution in [2.75, 3.05) is 13.1 Å². The van der Waals surface area contributed by atoms with Crippen LogP contribution in [0.25, 0.3) is 11.3 Å². The van der Waals surface area contributed by atoms with Crippen molar-refractivity contribution >= 4 is 12.0 Å². The summed E-state index contributed by atoms with van der Waals surface area (Å²) in [7, 11) is 1.70. The molecule has 0 spiro atoms. The minimum absolute atomic E-state index is 0.00673. The summed E-state index contributed by atoms with van der Waals surface area (Å²) in [4.78, 5) is 45.6. The van der Waals surface area contributed by atoms with Crippen molar-refractivity contribution in [1.82, 2.24) is 19.4 Å². The van der Waals surface area contributed by atoms with Gasteiger partial charge in [-0.1, -0.05) is 0 Å². The maximum absolute atomic E-state index is 13.4. The molecule has 1 aliphatic heterocycles. The van der Waals surface area contributed by atoms with Crippen LogP contribution >= 0.6 is 0 Å². The van der Waals surface area contributed by atoms with Gasteiger partial charge in [0.05, 0.1) is 11.3 Å². The first-order valence-corrected chi connectivity index (χ1v) is 11.6. The molecule has 2 aromatic heterocycles. The Hall–Kier alpha value is -3.16. The average Bonchev–Trinajstić information content (AvgIpc) is 3.60. The number of nitrogens with zero attached hydrogens (tertiary/aromatic N) is 4. The summed E-state index contributed by atoms with van der Waals surface area (Å²) in [6.07, 6.45) is 6.58. The van der Waals surface area contributed by atoms with Gasteiger partial charge in [0.1, 0.15) is 5.60 Å². The molecular weight excluding hydrogens is 420 g/mol. The van der Waals surface area contributed by atoms with Gasteiger partial charge >= 0.3 is 6.09 Å². The van der Waals surface area contributed by atoms with Gasteiger partial charge in [0.15, 0.2) is 0 Å². The zero-order chi connectivity index (χ0) is 23.8. The molecule has 0 N–H and O–H groups in total. The number of carbonyl (C=O) groups is 2. The van der Waals surface area contributed by atoms with Crippen molar-refractivity contribution in [3.05, 3.63) is 52.6 Å². The number of hydrogen-bond acceptors (Lipinski definition) is 5. The second-order valence-corrected chi connectivity index (χ2v) is 9.94. The molecular formula is C25H32N4O4. The van der Waals surface area contributed by atoms with E-state index < -0.39 is 5.60 Å². The number of aromatic nitrogens is 2. The topological polar surface area (TPSA) is 84.7 Å². The first-order chi connectivity index (χ1) is 15.6. The van der Waals surface area contributed by atoms with Gasteiger partial charge in [-0.2, -0.15) is 0 Å². The van der Waals surface area contributed by atoms with Crippen LogP contribution in [0.2, 0.25) is 0 Å². The Balaban J connectivity index is 1.43. The van der Waals surface area contributed by atoms with Crippen LogP contribution in [0.4, 0.5) is 4.79 Å². The van der Waals surface area contributed by atoms with Crippen LogP contribution in [-0.4, -0.2) is 62.1 Å². The van der Waals surface area contributed by atoms with Crippen LogP contribution in [0.1, 0.15) is 56.8 Å². The van der Waals surface area contributed by atoms with Crippen LogP contribution in [0.15, 0.2) is 41.5 Å². The third-order valence-corrected chi connectivity index (χ3v) is 6.08. The van der Waals surface area contributed by atoms with Gasteiger partial charge in [0.25, 0.3) is 5.91 Å². The van der Waals surface area contributed by atoms with Crippen LogP contribution < -0.4 is 5.56 Å². The lowest BCUT2D eigenvalue weighted by molar-refractivity contribution is 0.0142. The van der Waals surface area contributed by atoms with E-state index >= 15 is 0 Å². The van der Waals surface area contributed by atoms with Gasteiger partial charge in [0, 0.05) is 56.2 Å². The molecule has 0 radical (unpaired) electrons. The van der Waals surface area contributed by atoms with Gasteiger partial charge < -0.3 is 19.1 Å². The summed E-state index contributed by atoms with van der Waals surface area (Å²) < 4.78 is 7.00. The summed E-state index contributed by atoms with van der Waals surface area (Å²) in [5.41, 5.74) is 1.50. The van der Waals surface area contributed by atoms with E-state index in [0.29, 0.717) is 24.3 Å². The number of amides is 2. The molecule has 0 aromatic carbocycles. The second-order valence-electron chi connectivity index (χ2n) is 9.94. The largest absolute Gasteiger partial charge is 0.444 e. The monoisotopic (exact) mass is 452 g/mol. The highest BCUT2D eigenvalue weighted by Crippen LogP contribution is 2.33. The molecule has 176 valence electrons. The Morgan fingerprint density at radius 2 is 1.70 bits per heavy atom. The lowest BCUT2D eigenvalue weighted by atomic mass is 10.0. The van der Waals surface area contributed by atoms with Crippen molar-refractivity contribution in [3.63, 3.8) is 0 Å². The molecule has 33 heavy (non-hydrogen) atoms. The standard InChI is InChI=1S/C25H32N4O4/c1-25(2,3)33-24(32)28-13-11-20(12-14-28)29(19-7-8-19)23(31)17-5-9-21(26-15-17)18-6-10-22(30)27(4)16-18/h5-6,9-10,15-16,19-20H,7-8,11-14H2,1-4H3. The Morgan fingerprint density at radius 3 is 2.24 bits per heavy atom. The third kappa shape index (κ3) is 5.43. The van der Waals surface area contributed by atoms with Gasteiger partial charge in [-0.15, -0.1) is 0 Å². The molecule has 3 heterocycles. The fourth-order valence-corrected chi connectivity index (χ4v) is 4.22. The van der Waals surface area contributed by atoms with Crippen molar-refractivity contribution in [2.24, 2.45) is 7.05 Å². The molecule has 1 saturated carbocycles. The summed E-state index contributed by atoms with van der Waals surface area (Å²) in [5, 5.41) is 0. The minimum Gasteiger partial charge on any atom is -0.444 e. The van der Waals surface area contributed by atoms with E-state index in [2.05, 4.69) is 4.98 Å². The number of rotatable bonds is 4. The number of piperidine rings is 1. The quantitative estimate of drug-likeness (QED) is 0.709. The van der Waals surface area contributed by atoms with Crippen LogP contribution in [0, 0.1) is 0 Å². The Labute approximate surface area is 194 Å². The highest BCUT2D eigenvalue weighted by Gasteiger charge is 2.40. The first kappa shape index (κ1) is 23.0. The number of pyridine rings is 2. The Morgan fingerprint density at radius 1 is 1.03 bits per heavy atom. The highest BCUT2D eigenvalue weighted by molar-refractivity contribution is 5.95. The number of aryl methyl sites for hydroxylation is 1. The van der Waals surface area contributed by atoms with E-state index in [1.807, 2.05) is 31.7 Å². The van der Waals surface area contributed by atoms with Gasteiger partial charge in [0.2, 0.25) is 5.56 Å². The van der Waals surface area contributed by atoms with Crippen molar-refractivity contribution in [1.29, 1.82) is 0 Å². The SMILES string of the molecule is Cn1cc(-c2ccc(C(=O)N(C3CC3)C3CCN(C(=O)OC(C)(C)C)CC3)cn2)ccc1=O. The molecule has 2 amide bonds. The molecule has 8 heteroatoms. The summed E-state index contributed by atoms with van der Waals surface area (Å²) >= 11 is 0. The summed E-state index contributed by atoms with van der Waals surface area (Å²) in [6.45, 7) is 6.76. The predicted octanol–water partition coefficient (Wildman–Crippen LogP) is 3.45. The van der Waals surface area contributed by atoms with E-state index in [4.69, 9.17) is 4.74 Å². The van der Waals surface area contributed by atoms with Crippen LogP contribution in [0.3, 0.4) is 0 Å². The average molecular weight is 453 g/mol. The summed E-state index contributed by atoms with van der Waals surface area (Å²) in [5.74, 6) is -0.00673.